The highest BCUT2D eigenvalue weighted by Crippen LogP contribution is 2.59. The van der Waals surface area contributed by atoms with Crippen molar-refractivity contribution in [1.82, 2.24) is 4.67 Å². The molecule has 1 aliphatic rings. The Bertz CT molecular complexity index is 1070. The highest BCUT2D eigenvalue weighted by atomic mass is 32.4. The fourth-order valence-electron chi connectivity index (χ4n) is 3.85. The van der Waals surface area contributed by atoms with Gasteiger partial charge in [0.25, 0.3) is 5.91 Å². The second kappa shape index (κ2) is 11.4. The third-order valence-electron chi connectivity index (χ3n) is 5.62. The number of carbonyl (C=O) groups excluding carboxylic acids is 2. The normalized spacial score (nSPS) is 17.2. The third kappa shape index (κ3) is 5.04. The summed E-state index contributed by atoms with van der Waals surface area (Å²) in [4.78, 5) is 27.9. The van der Waals surface area contributed by atoms with E-state index in [1.807, 2.05) is 37.2 Å². The summed E-state index contributed by atoms with van der Waals surface area (Å²) in [7, 11) is 7.16. The minimum absolute atomic E-state index is 0.147. The lowest BCUT2D eigenvalue weighted by Crippen LogP contribution is -2.37. The van der Waals surface area contributed by atoms with Crippen molar-refractivity contribution in [2.24, 2.45) is 0 Å². The van der Waals surface area contributed by atoms with Crippen LogP contribution in [0.15, 0.2) is 42.5 Å². The Morgan fingerprint density at radius 2 is 1.65 bits per heavy atom. The maximum atomic E-state index is 13.8. The minimum atomic E-state index is -2.76. The highest BCUT2D eigenvalue weighted by molar-refractivity contribution is 8.18. The van der Waals surface area contributed by atoms with E-state index in [1.54, 1.807) is 50.1 Å². The van der Waals surface area contributed by atoms with E-state index in [-0.39, 0.29) is 5.91 Å². The SMILES string of the molecule is CCOC(=O)c1ccc(N2C(=O)c3cc(N(C)C)ccc3[P@]2(=S)N(CCOC)CCOC)cc1. The van der Waals surface area contributed by atoms with E-state index in [0.717, 1.165) is 11.0 Å². The second-order valence-corrected chi connectivity index (χ2v) is 12.0. The Kier molecular flexibility index (Phi) is 8.84. The van der Waals surface area contributed by atoms with Gasteiger partial charge in [-0.25, -0.2) is 4.79 Å². The number of fused-ring (bicyclic) bond motifs is 1. The number of anilines is 2. The standard InChI is InChI=1S/C24H32N3O5PS/c1-6-32-24(29)18-7-9-19(10-8-18)27-23(28)21-17-20(25(2)3)11-12-22(21)33(27,34)26(13-15-30-4)14-16-31-5/h7-12,17H,6,13-16H2,1-5H3/t33-/m0/s1. The van der Waals surface area contributed by atoms with Crippen molar-refractivity contribution in [2.45, 2.75) is 6.92 Å². The molecule has 0 bridgehead atoms. The maximum Gasteiger partial charge on any atom is 0.338 e. The number of nitrogens with zero attached hydrogens (tertiary/aromatic N) is 3. The van der Waals surface area contributed by atoms with Crippen molar-refractivity contribution in [3.63, 3.8) is 0 Å². The molecule has 1 atom stereocenters. The molecule has 1 aliphatic heterocycles. The van der Waals surface area contributed by atoms with Crippen LogP contribution in [0.3, 0.4) is 0 Å². The predicted octanol–water partition coefficient (Wildman–Crippen LogP) is 3.12. The van der Waals surface area contributed by atoms with Crippen LogP contribution in [0.25, 0.3) is 0 Å². The maximum absolute atomic E-state index is 13.8. The molecule has 0 unspecified atom stereocenters. The van der Waals surface area contributed by atoms with Gasteiger partial charge in [-0.1, -0.05) is 11.8 Å². The molecule has 0 radical (unpaired) electrons. The van der Waals surface area contributed by atoms with Crippen LogP contribution in [0.1, 0.15) is 27.6 Å². The second-order valence-electron chi connectivity index (χ2n) is 7.96. The van der Waals surface area contributed by atoms with Crippen molar-refractivity contribution < 1.29 is 23.8 Å². The number of esters is 1. The summed E-state index contributed by atoms with van der Waals surface area (Å²) in [5.41, 5.74) is 2.59. The zero-order valence-corrected chi connectivity index (χ0v) is 22.0. The van der Waals surface area contributed by atoms with Crippen molar-refractivity contribution >= 4 is 46.7 Å². The molecule has 0 aliphatic carbocycles. The average molecular weight is 506 g/mol. The van der Waals surface area contributed by atoms with Gasteiger partial charge in [-0.3, -0.25) is 14.1 Å². The molecule has 1 amide bonds. The van der Waals surface area contributed by atoms with Gasteiger partial charge in [0.2, 0.25) is 0 Å². The van der Waals surface area contributed by atoms with Crippen LogP contribution < -0.4 is 14.9 Å². The zero-order valence-electron chi connectivity index (χ0n) is 20.3. The zero-order chi connectivity index (χ0) is 24.9. The summed E-state index contributed by atoms with van der Waals surface area (Å²) in [5, 5.41) is 0.847. The molecule has 8 nitrogen and oxygen atoms in total. The third-order valence-corrected chi connectivity index (χ3v) is 10.5. The molecule has 2 aromatic carbocycles. The molecule has 0 saturated carbocycles. The fourth-order valence-corrected chi connectivity index (χ4v) is 8.35. The molecule has 34 heavy (non-hydrogen) atoms. The molecule has 0 saturated heterocycles. The summed E-state index contributed by atoms with van der Waals surface area (Å²) in [6, 6.07) is 12.7. The Morgan fingerprint density at radius 3 is 2.18 bits per heavy atom. The number of hydrogen-bond donors (Lipinski definition) is 0. The lowest BCUT2D eigenvalue weighted by atomic mass is 10.1. The Hall–Kier alpha value is -2.29. The van der Waals surface area contributed by atoms with Crippen LogP contribution in [0.2, 0.25) is 0 Å². The summed E-state index contributed by atoms with van der Waals surface area (Å²) in [5.74, 6) is -0.548. The molecule has 2 aromatic rings. The lowest BCUT2D eigenvalue weighted by molar-refractivity contribution is 0.0526. The van der Waals surface area contributed by atoms with E-state index in [4.69, 9.17) is 26.0 Å². The topological polar surface area (TPSA) is 71.6 Å². The number of hydrogen-bond acceptors (Lipinski definition) is 7. The van der Waals surface area contributed by atoms with Gasteiger partial charge in [-0.05, 0) is 49.4 Å². The van der Waals surface area contributed by atoms with E-state index in [9.17, 15) is 9.59 Å². The summed E-state index contributed by atoms with van der Waals surface area (Å²) >= 11 is 6.41. The van der Waals surface area contributed by atoms with E-state index >= 15 is 0 Å². The minimum Gasteiger partial charge on any atom is -0.462 e. The predicted molar refractivity (Wildman–Crippen MR) is 139 cm³/mol. The van der Waals surface area contributed by atoms with Crippen molar-refractivity contribution in [3.8, 4) is 0 Å². The summed E-state index contributed by atoms with van der Waals surface area (Å²) in [6.45, 7) is 4.10. The van der Waals surface area contributed by atoms with Gasteiger partial charge in [0.1, 0.15) is 6.34 Å². The average Bonchev–Trinajstić information content (AvgIpc) is 3.06. The van der Waals surface area contributed by atoms with Gasteiger partial charge in [-0.2, -0.15) is 0 Å². The number of methoxy groups -OCH3 is 2. The Labute approximate surface area is 206 Å². The first-order chi connectivity index (χ1) is 16.3. The van der Waals surface area contributed by atoms with Crippen LogP contribution in [-0.4, -0.2) is 77.8 Å². The number of benzene rings is 2. The Balaban J connectivity index is 2.14. The quantitative estimate of drug-likeness (QED) is 0.341. The van der Waals surface area contributed by atoms with Crippen LogP contribution >= 0.6 is 6.34 Å². The molecule has 10 heteroatoms. The van der Waals surface area contributed by atoms with Gasteiger partial charge in [0, 0.05) is 52.4 Å². The Morgan fingerprint density at radius 1 is 1.03 bits per heavy atom. The van der Waals surface area contributed by atoms with Crippen LogP contribution in [0.4, 0.5) is 11.4 Å². The van der Waals surface area contributed by atoms with Gasteiger partial charge in [0.15, 0.2) is 0 Å². The molecule has 0 spiro atoms. The van der Waals surface area contributed by atoms with Crippen molar-refractivity contribution in [2.75, 3.05) is 70.8 Å². The molecule has 3 rings (SSSR count). The molecular weight excluding hydrogens is 473 g/mol. The van der Waals surface area contributed by atoms with E-state index in [2.05, 4.69) is 4.67 Å². The van der Waals surface area contributed by atoms with Gasteiger partial charge in [0.05, 0.1) is 36.6 Å². The van der Waals surface area contributed by atoms with Crippen molar-refractivity contribution in [1.29, 1.82) is 0 Å². The van der Waals surface area contributed by atoms with E-state index in [0.29, 0.717) is 49.7 Å². The highest BCUT2D eigenvalue weighted by Gasteiger charge is 2.47. The molecule has 0 fully saturated rings. The summed E-state index contributed by atoms with van der Waals surface area (Å²) < 4.78 is 19.7. The van der Waals surface area contributed by atoms with Crippen LogP contribution in [0, 0.1) is 0 Å². The molecular formula is C24H32N3O5PS. The molecule has 0 aromatic heterocycles. The molecule has 1 heterocycles. The molecule has 0 N–H and O–H groups in total. The monoisotopic (exact) mass is 505 g/mol. The molecule has 184 valence electrons. The van der Waals surface area contributed by atoms with E-state index < -0.39 is 12.3 Å². The first-order valence-electron chi connectivity index (χ1n) is 11.1. The fraction of sp³-hybridized carbons (Fsp3) is 0.417. The number of carbonyl (C=O) groups is 2. The largest absolute Gasteiger partial charge is 0.462 e. The number of rotatable bonds is 11. The smallest absolute Gasteiger partial charge is 0.338 e. The number of amides is 1. The first-order valence-corrected chi connectivity index (χ1v) is 13.8. The van der Waals surface area contributed by atoms with Crippen LogP contribution in [0.5, 0.6) is 0 Å². The van der Waals surface area contributed by atoms with E-state index in [1.165, 1.54) is 0 Å². The van der Waals surface area contributed by atoms with Crippen LogP contribution in [-0.2, 0) is 26.0 Å². The summed E-state index contributed by atoms with van der Waals surface area (Å²) in [6.07, 6.45) is -2.76. The first kappa shape index (κ1) is 26.3. The van der Waals surface area contributed by atoms with Gasteiger partial charge >= 0.3 is 5.97 Å². The van der Waals surface area contributed by atoms with Gasteiger partial charge < -0.3 is 19.1 Å². The van der Waals surface area contributed by atoms with Gasteiger partial charge in [-0.15, -0.1) is 0 Å². The van der Waals surface area contributed by atoms with Crippen molar-refractivity contribution in [3.05, 3.63) is 53.6 Å². The number of ether oxygens (including phenoxy) is 3. The lowest BCUT2D eigenvalue weighted by Gasteiger charge is -2.38.